The van der Waals surface area contributed by atoms with Gasteiger partial charge in [0, 0.05) is 32.8 Å². The second-order valence-electron chi connectivity index (χ2n) is 7.40. The van der Waals surface area contributed by atoms with Gasteiger partial charge in [-0.05, 0) is 43.8 Å². The highest BCUT2D eigenvalue weighted by Crippen LogP contribution is 2.47. The van der Waals surface area contributed by atoms with Crippen molar-refractivity contribution in [1.29, 1.82) is 0 Å². The molecular weight excluding hydrogens is 438 g/mol. The highest BCUT2D eigenvalue weighted by molar-refractivity contribution is 8.01. The van der Waals surface area contributed by atoms with E-state index >= 15 is 0 Å². The van der Waals surface area contributed by atoms with Crippen LogP contribution in [0.3, 0.4) is 0 Å². The SMILES string of the molecule is COCC1(n2c(NSC(C)C(OC)c3ncc(Cl)cn3)nnc2-c2ccccn2)CC1. The molecule has 31 heavy (non-hydrogen) atoms. The molecule has 164 valence electrons. The lowest BCUT2D eigenvalue weighted by Gasteiger charge is -2.23. The summed E-state index contributed by atoms with van der Waals surface area (Å²) in [4.78, 5) is 13.0. The molecule has 11 heteroatoms. The summed E-state index contributed by atoms with van der Waals surface area (Å²) in [5.74, 6) is 1.94. The molecule has 0 radical (unpaired) electrons. The van der Waals surface area contributed by atoms with Gasteiger partial charge < -0.3 is 9.47 Å². The van der Waals surface area contributed by atoms with Gasteiger partial charge in [0.25, 0.3) is 0 Å². The lowest BCUT2D eigenvalue weighted by Crippen LogP contribution is -2.26. The van der Waals surface area contributed by atoms with Gasteiger partial charge in [-0.3, -0.25) is 14.3 Å². The maximum absolute atomic E-state index is 5.91. The van der Waals surface area contributed by atoms with E-state index in [4.69, 9.17) is 21.1 Å². The number of nitrogens with zero attached hydrogens (tertiary/aromatic N) is 6. The number of methoxy groups -OCH3 is 2. The first-order valence-corrected chi connectivity index (χ1v) is 11.1. The van der Waals surface area contributed by atoms with Crippen LogP contribution in [0.1, 0.15) is 31.7 Å². The van der Waals surface area contributed by atoms with Crippen molar-refractivity contribution in [1.82, 2.24) is 29.7 Å². The van der Waals surface area contributed by atoms with Gasteiger partial charge in [-0.15, -0.1) is 10.2 Å². The Bertz CT molecular complexity index is 999. The zero-order chi connectivity index (χ0) is 21.8. The summed E-state index contributed by atoms with van der Waals surface area (Å²) in [6.45, 7) is 2.62. The molecule has 2 atom stereocenters. The fraction of sp³-hybridized carbons (Fsp3) is 0.450. The molecule has 9 nitrogen and oxygen atoms in total. The molecule has 1 N–H and O–H groups in total. The maximum Gasteiger partial charge on any atom is 0.235 e. The normalized spacial score (nSPS) is 16.6. The number of anilines is 1. The van der Waals surface area contributed by atoms with Crippen molar-refractivity contribution in [2.75, 3.05) is 25.5 Å². The molecular formula is C20H24ClN7O2S. The Morgan fingerprint density at radius 3 is 2.58 bits per heavy atom. The third-order valence-corrected chi connectivity index (χ3v) is 6.30. The Morgan fingerprint density at radius 1 is 1.19 bits per heavy atom. The van der Waals surface area contributed by atoms with E-state index in [1.165, 1.54) is 11.9 Å². The molecule has 1 aliphatic carbocycles. The van der Waals surface area contributed by atoms with Gasteiger partial charge in [0.2, 0.25) is 5.95 Å². The lowest BCUT2D eigenvalue weighted by atomic mass is 10.2. The summed E-state index contributed by atoms with van der Waals surface area (Å²) >= 11 is 7.38. The monoisotopic (exact) mass is 461 g/mol. The Morgan fingerprint density at radius 2 is 1.97 bits per heavy atom. The van der Waals surface area contributed by atoms with E-state index in [1.54, 1.807) is 32.8 Å². The second-order valence-corrected chi connectivity index (χ2v) is 9.02. The minimum absolute atomic E-state index is 0.0211. The molecule has 0 aromatic carbocycles. The average molecular weight is 462 g/mol. The first-order valence-electron chi connectivity index (χ1n) is 9.86. The second kappa shape index (κ2) is 9.47. The van der Waals surface area contributed by atoms with Crippen molar-refractivity contribution in [3.8, 4) is 11.5 Å². The Hall–Kier alpha value is -2.27. The first-order chi connectivity index (χ1) is 15.1. The van der Waals surface area contributed by atoms with Crippen molar-refractivity contribution in [3.63, 3.8) is 0 Å². The van der Waals surface area contributed by atoms with Crippen molar-refractivity contribution in [3.05, 3.63) is 47.6 Å². The van der Waals surface area contributed by atoms with E-state index in [9.17, 15) is 0 Å². The predicted octanol–water partition coefficient (Wildman–Crippen LogP) is 3.76. The largest absolute Gasteiger partial charge is 0.382 e. The summed E-state index contributed by atoms with van der Waals surface area (Å²) in [6.07, 6.45) is 6.55. The molecule has 0 amide bonds. The molecule has 3 heterocycles. The number of hydrogen-bond acceptors (Lipinski definition) is 9. The number of nitrogens with one attached hydrogen (secondary N) is 1. The molecule has 0 spiro atoms. The van der Waals surface area contributed by atoms with Gasteiger partial charge in [-0.1, -0.05) is 17.7 Å². The quantitative estimate of drug-likeness (QED) is 0.452. The minimum Gasteiger partial charge on any atom is -0.382 e. The minimum atomic E-state index is -0.324. The van der Waals surface area contributed by atoms with E-state index in [2.05, 4.69) is 34.4 Å². The molecule has 1 aliphatic rings. The Kier molecular flexibility index (Phi) is 6.71. The van der Waals surface area contributed by atoms with Gasteiger partial charge in [-0.25, -0.2) is 9.97 Å². The third kappa shape index (κ3) is 4.67. The summed E-state index contributed by atoms with van der Waals surface area (Å²) < 4.78 is 16.6. The molecule has 1 fully saturated rings. The van der Waals surface area contributed by atoms with Crippen molar-refractivity contribution in [2.45, 2.75) is 36.7 Å². The standard InChI is InChI=1S/C20H24ClN7O2S/c1-13(16(30-3)17-23-10-14(21)11-24-17)31-27-19-26-25-18(15-6-4-5-9-22-15)28(19)20(7-8-20)12-29-2/h4-6,9-11,13,16H,7-8,12H2,1-3H3,(H,26,27). The number of halogens is 1. The van der Waals surface area contributed by atoms with Gasteiger partial charge in [-0.2, -0.15) is 0 Å². The molecule has 3 aromatic heterocycles. The van der Waals surface area contributed by atoms with Crippen molar-refractivity contribution >= 4 is 29.5 Å². The van der Waals surface area contributed by atoms with Crippen LogP contribution in [0.2, 0.25) is 5.02 Å². The smallest absolute Gasteiger partial charge is 0.235 e. The molecule has 0 aliphatic heterocycles. The van der Waals surface area contributed by atoms with Crippen LogP contribution in [0.25, 0.3) is 11.5 Å². The Labute approximate surface area is 190 Å². The molecule has 0 bridgehead atoms. The fourth-order valence-electron chi connectivity index (χ4n) is 3.49. The summed E-state index contributed by atoms with van der Waals surface area (Å²) in [7, 11) is 3.35. The van der Waals surface area contributed by atoms with E-state index in [0.29, 0.717) is 23.4 Å². The van der Waals surface area contributed by atoms with Gasteiger partial charge in [0.05, 0.1) is 22.4 Å². The highest BCUT2D eigenvalue weighted by atomic mass is 35.5. The molecule has 1 saturated carbocycles. The van der Waals surface area contributed by atoms with Crippen LogP contribution in [0, 0.1) is 0 Å². The Balaban J connectivity index is 1.57. The molecule has 2 unspecified atom stereocenters. The van der Waals surface area contributed by atoms with Crippen LogP contribution in [-0.2, 0) is 15.0 Å². The number of ether oxygens (including phenoxy) is 2. The number of aromatic nitrogens is 6. The topological polar surface area (TPSA) is 99.9 Å². The zero-order valence-corrected chi connectivity index (χ0v) is 19.1. The zero-order valence-electron chi connectivity index (χ0n) is 17.5. The van der Waals surface area contributed by atoms with E-state index in [0.717, 1.165) is 24.4 Å². The number of pyridine rings is 1. The van der Waals surface area contributed by atoms with E-state index in [-0.39, 0.29) is 16.9 Å². The first kappa shape index (κ1) is 21.9. The van der Waals surface area contributed by atoms with Crippen molar-refractivity contribution < 1.29 is 9.47 Å². The summed E-state index contributed by atoms with van der Waals surface area (Å²) in [6, 6.07) is 5.75. The summed E-state index contributed by atoms with van der Waals surface area (Å²) in [5.41, 5.74) is 0.602. The molecule has 0 saturated heterocycles. The van der Waals surface area contributed by atoms with Gasteiger partial charge >= 0.3 is 0 Å². The number of hydrogen-bond donors (Lipinski definition) is 1. The lowest BCUT2D eigenvalue weighted by molar-refractivity contribution is 0.0972. The van der Waals surface area contributed by atoms with E-state index in [1.807, 2.05) is 25.1 Å². The molecule has 3 aromatic rings. The average Bonchev–Trinajstić information content (AvgIpc) is 3.43. The van der Waals surface area contributed by atoms with Gasteiger partial charge in [0.15, 0.2) is 11.6 Å². The summed E-state index contributed by atoms with van der Waals surface area (Å²) in [5, 5.41) is 9.32. The van der Waals surface area contributed by atoms with Crippen LogP contribution in [0.15, 0.2) is 36.8 Å². The fourth-order valence-corrected chi connectivity index (χ4v) is 4.37. The predicted molar refractivity (Wildman–Crippen MR) is 120 cm³/mol. The molecule has 4 rings (SSSR count). The van der Waals surface area contributed by atoms with Crippen LogP contribution in [0.4, 0.5) is 5.95 Å². The number of rotatable bonds is 10. The third-order valence-electron chi connectivity index (χ3n) is 5.18. The van der Waals surface area contributed by atoms with Crippen LogP contribution < -0.4 is 4.72 Å². The van der Waals surface area contributed by atoms with E-state index < -0.39 is 0 Å². The van der Waals surface area contributed by atoms with Gasteiger partial charge in [0.1, 0.15) is 11.8 Å². The maximum atomic E-state index is 5.91. The van der Waals surface area contributed by atoms with Crippen molar-refractivity contribution in [2.24, 2.45) is 0 Å². The van der Waals surface area contributed by atoms with Crippen LogP contribution in [-0.4, -0.2) is 55.8 Å². The van der Waals surface area contributed by atoms with Crippen LogP contribution in [0.5, 0.6) is 0 Å². The van der Waals surface area contributed by atoms with Crippen LogP contribution >= 0.6 is 23.5 Å². The highest BCUT2D eigenvalue weighted by Gasteiger charge is 2.48.